The molecular formula is C24H33IN6. The van der Waals surface area contributed by atoms with E-state index >= 15 is 0 Å². The van der Waals surface area contributed by atoms with Gasteiger partial charge in [0.05, 0.1) is 11.0 Å². The van der Waals surface area contributed by atoms with Crippen LogP contribution in [-0.4, -0.2) is 45.6 Å². The molecule has 31 heavy (non-hydrogen) atoms. The molecule has 0 amide bonds. The van der Waals surface area contributed by atoms with E-state index in [2.05, 4.69) is 77.4 Å². The van der Waals surface area contributed by atoms with Crippen LogP contribution in [0.4, 0.5) is 0 Å². The Balaban J connectivity index is 0.00000272. The molecule has 2 unspecified atom stereocenters. The third-order valence-corrected chi connectivity index (χ3v) is 5.88. The fourth-order valence-electron chi connectivity index (χ4n) is 4.24. The normalized spacial score (nSPS) is 19.4. The fraction of sp³-hybridized carbons (Fsp3) is 0.417. The van der Waals surface area contributed by atoms with E-state index in [4.69, 9.17) is 9.98 Å². The van der Waals surface area contributed by atoms with Gasteiger partial charge in [0, 0.05) is 38.8 Å². The van der Waals surface area contributed by atoms with Gasteiger partial charge in [-0.25, -0.2) is 9.98 Å². The molecule has 1 fully saturated rings. The van der Waals surface area contributed by atoms with Gasteiger partial charge in [-0.05, 0) is 38.0 Å². The highest BCUT2D eigenvalue weighted by Crippen LogP contribution is 2.20. The molecule has 3 aromatic rings. The van der Waals surface area contributed by atoms with Crippen molar-refractivity contribution < 1.29 is 0 Å². The zero-order chi connectivity index (χ0) is 20.9. The standard InChI is InChI=1S/C24H32N6.HI/c1-4-25-24(26-15-23-28-21-12-8-9-13-22(21)29(23)3)27-20-14-18(2)30(17-20)16-19-10-6-5-7-11-19;/h5-13,18,20H,4,14-17H2,1-3H3,(H2,25,26,27);1H. The summed E-state index contributed by atoms with van der Waals surface area (Å²) < 4.78 is 2.13. The third-order valence-electron chi connectivity index (χ3n) is 5.88. The van der Waals surface area contributed by atoms with Crippen LogP contribution < -0.4 is 10.6 Å². The smallest absolute Gasteiger partial charge is 0.191 e. The van der Waals surface area contributed by atoms with Crippen molar-refractivity contribution in [3.63, 3.8) is 0 Å². The van der Waals surface area contributed by atoms with Crippen LogP contribution in [0, 0.1) is 0 Å². The molecule has 0 radical (unpaired) electrons. The van der Waals surface area contributed by atoms with E-state index in [-0.39, 0.29) is 24.0 Å². The first-order valence-electron chi connectivity index (χ1n) is 10.9. The molecule has 0 bridgehead atoms. The Bertz CT molecular complexity index is 1000. The summed E-state index contributed by atoms with van der Waals surface area (Å²) in [6.45, 7) is 7.82. The number of hydrogen-bond donors (Lipinski definition) is 2. The lowest BCUT2D eigenvalue weighted by molar-refractivity contribution is 0.258. The van der Waals surface area contributed by atoms with Gasteiger partial charge >= 0.3 is 0 Å². The van der Waals surface area contributed by atoms with E-state index in [0.717, 1.165) is 48.9 Å². The minimum Gasteiger partial charge on any atom is -0.357 e. The zero-order valence-corrected chi connectivity index (χ0v) is 20.9. The number of likely N-dealkylation sites (tertiary alicyclic amines) is 1. The Labute approximate surface area is 202 Å². The molecule has 7 heteroatoms. The predicted molar refractivity (Wildman–Crippen MR) is 139 cm³/mol. The Kier molecular flexibility index (Phi) is 8.31. The van der Waals surface area contributed by atoms with Gasteiger partial charge in [0.2, 0.25) is 0 Å². The summed E-state index contributed by atoms with van der Waals surface area (Å²) >= 11 is 0. The number of fused-ring (bicyclic) bond motifs is 1. The summed E-state index contributed by atoms with van der Waals surface area (Å²) in [7, 11) is 2.06. The maximum Gasteiger partial charge on any atom is 0.191 e. The van der Waals surface area contributed by atoms with Crippen LogP contribution in [0.25, 0.3) is 11.0 Å². The highest BCUT2D eigenvalue weighted by molar-refractivity contribution is 14.0. The number of nitrogens with one attached hydrogen (secondary N) is 2. The molecule has 2 aromatic carbocycles. The second kappa shape index (κ2) is 10.9. The number of rotatable bonds is 6. The average molecular weight is 532 g/mol. The summed E-state index contributed by atoms with van der Waals surface area (Å²) in [6.07, 6.45) is 1.11. The Hall–Kier alpha value is -2.13. The first-order valence-corrected chi connectivity index (χ1v) is 10.9. The first kappa shape index (κ1) is 23.5. The van der Waals surface area contributed by atoms with Crippen molar-refractivity contribution in [1.82, 2.24) is 25.1 Å². The molecule has 1 aliphatic rings. The summed E-state index contributed by atoms with van der Waals surface area (Å²) in [5, 5.41) is 7.04. The summed E-state index contributed by atoms with van der Waals surface area (Å²) in [6, 6.07) is 19.9. The number of benzene rings is 2. The molecule has 2 atom stereocenters. The molecule has 6 nitrogen and oxygen atoms in total. The number of halogens is 1. The summed E-state index contributed by atoms with van der Waals surface area (Å²) in [5.41, 5.74) is 3.53. The van der Waals surface area contributed by atoms with E-state index in [1.54, 1.807) is 0 Å². The van der Waals surface area contributed by atoms with Crippen LogP contribution >= 0.6 is 24.0 Å². The Morgan fingerprint density at radius 3 is 2.61 bits per heavy atom. The molecule has 1 saturated heterocycles. The number of aryl methyl sites for hydroxylation is 1. The highest BCUT2D eigenvalue weighted by Gasteiger charge is 2.29. The number of guanidine groups is 1. The lowest BCUT2D eigenvalue weighted by atomic mass is 10.2. The predicted octanol–water partition coefficient (Wildman–Crippen LogP) is 3.91. The van der Waals surface area contributed by atoms with E-state index < -0.39 is 0 Å². The van der Waals surface area contributed by atoms with Crippen molar-refractivity contribution >= 4 is 41.0 Å². The molecule has 1 aliphatic heterocycles. The van der Waals surface area contributed by atoms with Crippen molar-refractivity contribution in [1.29, 1.82) is 0 Å². The van der Waals surface area contributed by atoms with Gasteiger partial charge in [0.25, 0.3) is 0 Å². The Morgan fingerprint density at radius 2 is 1.87 bits per heavy atom. The first-order chi connectivity index (χ1) is 14.6. The van der Waals surface area contributed by atoms with E-state index in [0.29, 0.717) is 18.6 Å². The van der Waals surface area contributed by atoms with Gasteiger partial charge in [-0.1, -0.05) is 42.5 Å². The van der Waals surface area contributed by atoms with Crippen LogP contribution in [0.15, 0.2) is 59.6 Å². The van der Waals surface area contributed by atoms with Crippen molar-refractivity contribution in [3.8, 4) is 0 Å². The molecule has 2 N–H and O–H groups in total. The average Bonchev–Trinajstić information content (AvgIpc) is 3.26. The molecular weight excluding hydrogens is 499 g/mol. The molecule has 0 spiro atoms. The quantitative estimate of drug-likeness (QED) is 0.287. The second-order valence-corrected chi connectivity index (χ2v) is 8.11. The van der Waals surface area contributed by atoms with E-state index in [1.807, 2.05) is 18.2 Å². The lowest BCUT2D eigenvalue weighted by Gasteiger charge is -2.21. The number of nitrogens with zero attached hydrogens (tertiary/aromatic N) is 4. The number of aliphatic imine (C=N–C) groups is 1. The maximum atomic E-state index is 4.83. The third kappa shape index (κ3) is 5.77. The Morgan fingerprint density at radius 1 is 1.13 bits per heavy atom. The van der Waals surface area contributed by atoms with Gasteiger partial charge in [-0.15, -0.1) is 24.0 Å². The number of imidazole rings is 1. The minimum atomic E-state index is 0. The largest absolute Gasteiger partial charge is 0.357 e. The van der Waals surface area contributed by atoms with Crippen molar-refractivity contribution in [2.75, 3.05) is 13.1 Å². The summed E-state index contributed by atoms with van der Waals surface area (Å²) in [5.74, 6) is 1.84. The van der Waals surface area contributed by atoms with Gasteiger partial charge in [0.15, 0.2) is 5.96 Å². The van der Waals surface area contributed by atoms with Crippen molar-refractivity contribution in [2.24, 2.45) is 12.0 Å². The van der Waals surface area contributed by atoms with Gasteiger partial charge in [-0.3, -0.25) is 4.90 Å². The lowest BCUT2D eigenvalue weighted by Crippen LogP contribution is -2.44. The molecule has 0 aliphatic carbocycles. The number of aromatic nitrogens is 2. The summed E-state index contributed by atoms with van der Waals surface area (Å²) in [4.78, 5) is 12.1. The SMILES string of the molecule is CCNC(=NCc1nc2ccccc2n1C)NC1CC(C)N(Cc2ccccc2)C1.I. The molecule has 2 heterocycles. The van der Waals surface area contributed by atoms with Gasteiger partial charge < -0.3 is 15.2 Å². The number of hydrogen-bond acceptors (Lipinski definition) is 3. The molecule has 1 aromatic heterocycles. The van der Waals surface area contributed by atoms with Crippen LogP contribution in [0.1, 0.15) is 31.7 Å². The monoisotopic (exact) mass is 532 g/mol. The fourth-order valence-corrected chi connectivity index (χ4v) is 4.24. The molecule has 166 valence electrons. The van der Waals surface area contributed by atoms with Crippen molar-refractivity contribution in [2.45, 2.75) is 45.4 Å². The van der Waals surface area contributed by atoms with Crippen LogP contribution in [-0.2, 0) is 20.1 Å². The molecule has 4 rings (SSSR count). The number of para-hydroxylation sites is 2. The zero-order valence-electron chi connectivity index (χ0n) is 18.6. The van der Waals surface area contributed by atoms with Gasteiger partial charge in [0.1, 0.15) is 12.4 Å². The molecule has 0 saturated carbocycles. The minimum absolute atomic E-state index is 0. The van der Waals surface area contributed by atoms with E-state index in [9.17, 15) is 0 Å². The van der Waals surface area contributed by atoms with Crippen LogP contribution in [0.2, 0.25) is 0 Å². The van der Waals surface area contributed by atoms with Crippen molar-refractivity contribution in [3.05, 3.63) is 66.0 Å². The second-order valence-electron chi connectivity index (χ2n) is 8.11. The topological polar surface area (TPSA) is 57.5 Å². The van der Waals surface area contributed by atoms with Crippen LogP contribution in [0.3, 0.4) is 0 Å². The maximum absolute atomic E-state index is 4.83. The van der Waals surface area contributed by atoms with E-state index in [1.165, 1.54) is 5.56 Å². The van der Waals surface area contributed by atoms with Gasteiger partial charge in [-0.2, -0.15) is 0 Å². The highest BCUT2D eigenvalue weighted by atomic mass is 127. The van der Waals surface area contributed by atoms with Crippen LogP contribution in [0.5, 0.6) is 0 Å².